The fraction of sp³-hybridized carbons (Fsp3) is 0.0909. The molecule has 0 radical (unpaired) electrons. The number of carbonyl (C=O) groups is 2. The number of benzene rings is 1. The van der Waals surface area contributed by atoms with E-state index in [0.717, 1.165) is 10.0 Å². The second kappa shape index (κ2) is 5.54. The maximum Gasteiger partial charge on any atom is 0.258 e. The Kier molecular flexibility index (Phi) is 3.83. The summed E-state index contributed by atoms with van der Waals surface area (Å²) in [6.07, 6.45) is 2.73. The largest absolute Gasteiger partial charge is 0.272 e. The van der Waals surface area contributed by atoms with E-state index >= 15 is 0 Å². The summed E-state index contributed by atoms with van der Waals surface area (Å²) in [5.74, 6) is -1.89. The lowest BCUT2D eigenvalue weighted by atomic mass is 10.1. The molecule has 7 heteroatoms. The molecule has 2 N–H and O–H groups in total. The summed E-state index contributed by atoms with van der Waals surface area (Å²) in [6.45, 7) is 0. The molecule has 1 aromatic rings. The van der Waals surface area contributed by atoms with Gasteiger partial charge in [-0.3, -0.25) is 9.59 Å². The fourth-order valence-electron chi connectivity index (χ4n) is 1.31. The van der Waals surface area contributed by atoms with Gasteiger partial charge in [0, 0.05) is 16.3 Å². The Morgan fingerprint density at radius 2 is 2.28 bits per heavy atom. The lowest BCUT2D eigenvalue weighted by molar-refractivity contribution is -0.131. The van der Waals surface area contributed by atoms with Gasteiger partial charge in [0.1, 0.15) is 0 Å². The maximum atomic E-state index is 11.5. The molecule has 0 spiro atoms. The topological polar surface area (TPSA) is 82.9 Å². The van der Waals surface area contributed by atoms with Crippen LogP contribution in [0.1, 0.15) is 5.56 Å². The fourth-order valence-corrected chi connectivity index (χ4v) is 1.70. The first-order chi connectivity index (χ1) is 8.68. The first kappa shape index (κ1) is 12.4. The first-order valence-corrected chi connectivity index (χ1v) is 5.88. The predicted octanol–water partition coefficient (Wildman–Crippen LogP) is 0.631. The van der Waals surface area contributed by atoms with E-state index < -0.39 is 17.7 Å². The van der Waals surface area contributed by atoms with Gasteiger partial charge < -0.3 is 0 Å². The monoisotopic (exact) mass is 308 g/mol. The number of nitrogens with zero attached hydrogens (tertiary/aromatic N) is 2. The average Bonchev–Trinajstić information content (AvgIpc) is 2.78. The molecule has 1 heterocycles. The SMILES string of the molecule is O=C(NN=Cc1ccccc1Br)C1C=NNC1=O. The summed E-state index contributed by atoms with van der Waals surface area (Å²) in [6, 6.07) is 7.42. The van der Waals surface area contributed by atoms with E-state index in [1.807, 2.05) is 24.3 Å². The van der Waals surface area contributed by atoms with E-state index in [-0.39, 0.29) is 0 Å². The minimum atomic E-state index is -0.915. The minimum absolute atomic E-state index is 0.455. The summed E-state index contributed by atoms with van der Waals surface area (Å²) < 4.78 is 0.864. The third-order valence-corrected chi connectivity index (χ3v) is 2.97. The highest BCUT2D eigenvalue weighted by molar-refractivity contribution is 9.10. The second-order valence-electron chi connectivity index (χ2n) is 3.49. The summed E-state index contributed by atoms with van der Waals surface area (Å²) >= 11 is 3.35. The van der Waals surface area contributed by atoms with E-state index in [4.69, 9.17) is 0 Å². The van der Waals surface area contributed by atoms with Gasteiger partial charge in [-0.2, -0.15) is 10.2 Å². The molecule has 0 saturated heterocycles. The van der Waals surface area contributed by atoms with Crippen molar-refractivity contribution in [3.8, 4) is 0 Å². The van der Waals surface area contributed by atoms with Crippen LogP contribution in [-0.4, -0.2) is 24.2 Å². The van der Waals surface area contributed by atoms with Crippen LogP contribution in [0.4, 0.5) is 0 Å². The van der Waals surface area contributed by atoms with Crippen molar-refractivity contribution in [2.75, 3.05) is 0 Å². The zero-order valence-electron chi connectivity index (χ0n) is 9.13. The van der Waals surface area contributed by atoms with Gasteiger partial charge in [-0.25, -0.2) is 10.9 Å². The molecule has 0 saturated carbocycles. The van der Waals surface area contributed by atoms with Crippen molar-refractivity contribution in [1.82, 2.24) is 10.9 Å². The number of hydrogen-bond donors (Lipinski definition) is 2. The number of amides is 2. The third-order valence-electron chi connectivity index (χ3n) is 2.25. The Labute approximate surface area is 111 Å². The van der Waals surface area contributed by atoms with E-state index in [0.29, 0.717) is 0 Å². The molecule has 1 unspecified atom stereocenters. The molecule has 0 aliphatic carbocycles. The molecule has 1 aliphatic heterocycles. The molecule has 18 heavy (non-hydrogen) atoms. The lowest BCUT2D eigenvalue weighted by Crippen LogP contribution is -2.34. The van der Waals surface area contributed by atoms with Gasteiger partial charge in [-0.05, 0) is 6.07 Å². The summed E-state index contributed by atoms with van der Waals surface area (Å²) in [7, 11) is 0. The van der Waals surface area contributed by atoms with E-state index in [1.165, 1.54) is 12.4 Å². The van der Waals surface area contributed by atoms with Crippen LogP contribution in [-0.2, 0) is 9.59 Å². The van der Waals surface area contributed by atoms with Crippen molar-refractivity contribution in [3.05, 3.63) is 34.3 Å². The number of rotatable bonds is 3. The molecule has 0 fully saturated rings. The summed E-state index contributed by atoms with van der Waals surface area (Å²) in [4.78, 5) is 22.7. The number of hydrazone groups is 2. The van der Waals surface area contributed by atoms with Gasteiger partial charge in [0.2, 0.25) is 0 Å². The third kappa shape index (κ3) is 2.80. The van der Waals surface area contributed by atoms with Crippen LogP contribution >= 0.6 is 15.9 Å². The lowest BCUT2D eigenvalue weighted by Gasteiger charge is -2.02. The molecular weight excluding hydrogens is 300 g/mol. The van der Waals surface area contributed by atoms with E-state index in [2.05, 4.69) is 37.0 Å². The van der Waals surface area contributed by atoms with E-state index in [1.54, 1.807) is 0 Å². The molecule has 1 aromatic carbocycles. The van der Waals surface area contributed by atoms with Crippen LogP contribution in [0.2, 0.25) is 0 Å². The van der Waals surface area contributed by atoms with Crippen molar-refractivity contribution in [1.29, 1.82) is 0 Å². The van der Waals surface area contributed by atoms with Crippen molar-refractivity contribution >= 4 is 40.2 Å². The minimum Gasteiger partial charge on any atom is -0.272 e. The Morgan fingerprint density at radius 1 is 1.50 bits per heavy atom. The maximum absolute atomic E-state index is 11.5. The van der Waals surface area contributed by atoms with Crippen LogP contribution in [0.5, 0.6) is 0 Å². The van der Waals surface area contributed by atoms with Crippen LogP contribution in [0, 0.1) is 5.92 Å². The highest BCUT2D eigenvalue weighted by Gasteiger charge is 2.28. The standard InChI is InChI=1S/C11H9BrN4O2/c12-9-4-2-1-3-7(9)5-13-15-10(17)8-6-14-16-11(8)18/h1-6,8H,(H,15,17)(H,16,18). The number of halogens is 1. The highest BCUT2D eigenvalue weighted by Crippen LogP contribution is 2.13. The van der Waals surface area contributed by atoms with Crippen LogP contribution in [0.3, 0.4) is 0 Å². The number of hydrogen-bond acceptors (Lipinski definition) is 4. The van der Waals surface area contributed by atoms with Gasteiger partial charge in [0.05, 0.1) is 6.21 Å². The quantitative estimate of drug-likeness (QED) is 0.488. The van der Waals surface area contributed by atoms with Crippen molar-refractivity contribution < 1.29 is 9.59 Å². The predicted molar refractivity (Wildman–Crippen MR) is 70.0 cm³/mol. The van der Waals surface area contributed by atoms with Gasteiger partial charge in [0.25, 0.3) is 11.8 Å². The summed E-state index contributed by atoms with van der Waals surface area (Å²) in [5, 5.41) is 7.29. The smallest absolute Gasteiger partial charge is 0.258 e. The molecule has 2 rings (SSSR count). The molecule has 0 bridgehead atoms. The van der Waals surface area contributed by atoms with Gasteiger partial charge >= 0.3 is 0 Å². The molecule has 1 atom stereocenters. The van der Waals surface area contributed by atoms with Crippen molar-refractivity contribution in [2.24, 2.45) is 16.1 Å². The van der Waals surface area contributed by atoms with Crippen molar-refractivity contribution in [3.63, 3.8) is 0 Å². The zero-order valence-corrected chi connectivity index (χ0v) is 10.7. The van der Waals surface area contributed by atoms with Crippen LogP contribution in [0.15, 0.2) is 38.9 Å². The molecular formula is C11H9BrN4O2. The summed E-state index contributed by atoms with van der Waals surface area (Å²) in [5.41, 5.74) is 5.29. The highest BCUT2D eigenvalue weighted by atomic mass is 79.9. The van der Waals surface area contributed by atoms with Crippen molar-refractivity contribution in [2.45, 2.75) is 0 Å². The van der Waals surface area contributed by atoms with Gasteiger partial charge in [-0.15, -0.1) is 0 Å². The number of carbonyl (C=O) groups excluding carboxylic acids is 2. The normalized spacial score (nSPS) is 18.1. The molecule has 0 aromatic heterocycles. The molecule has 6 nitrogen and oxygen atoms in total. The second-order valence-corrected chi connectivity index (χ2v) is 4.34. The molecule has 92 valence electrons. The Balaban J connectivity index is 1.96. The zero-order chi connectivity index (χ0) is 13.0. The average molecular weight is 309 g/mol. The molecule has 2 amide bonds. The van der Waals surface area contributed by atoms with Gasteiger partial charge in [0.15, 0.2) is 5.92 Å². The Bertz CT molecular complexity index is 542. The Morgan fingerprint density at radius 3 is 2.94 bits per heavy atom. The Hall–Kier alpha value is -2.02. The van der Waals surface area contributed by atoms with Crippen LogP contribution in [0.25, 0.3) is 0 Å². The number of nitrogens with one attached hydrogen (secondary N) is 2. The molecule has 1 aliphatic rings. The van der Waals surface area contributed by atoms with Gasteiger partial charge in [-0.1, -0.05) is 34.1 Å². The van der Waals surface area contributed by atoms with Crippen LogP contribution < -0.4 is 10.9 Å². The van der Waals surface area contributed by atoms with E-state index in [9.17, 15) is 9.59 Å². The first-order valence-electron chi connectivity index (χ1n) is 5.09.